The van der Waals surface area contributed by atoms with Gasteiger partial charge in [0, 0.05) is 24.4 Å². The van der Waals surface area contributed by atoms with Crippen LogP contribution in [0.1, 0.15) is 27.8 Å². The van der Waals surface area contributed by atoms with Crippen LogP contribution in [0.5, 0.6) is 0 Å². The first kappa shape index (κ1) is 13.7. The highest BCUT2D eigenvalue weighted by Crippen LogP contribution is 2.11. The average molecular weight is 271 g/mol. The maximum Gasteiger partial charge on any atom is 0.276 e. The number of carbonyl (C=O) groups is 2. The number of rotatable bonds is 3. The van der Waals surface area contributed by atoms with Crippen LogP contribution >= 0.6 is 0 Å². The van der Waals surface area contributed by atoms with E-state index in [1.165, 1.54) is 26.1 Å². The van der Waals surface area contributed by atoms with Crippen molar-refractivity contribution in [3.05, 3.63) is 58.0 Å². The van der Waals surface area contributed by atoms with E-state index in [4.69, 9.17) is 0 Å². The first-order valence-electron chi connectivity index (χ1n) is 5.94. The van der Waals surface area contributed by atoms with E-state index in [-0.39, 0.29) is 17.0 Å². The number of anilines is 1. The van der Waals surface area contributed by atoms with E-state index < -0.39 is 5.91 Å². The lowest BCUT2D eigenvalue weighted by Gasteiger charge is -2.06. The van der Waals surface area contributed by atoms with Crippen molar-refractivity contribution in [1.82, 2.24) is 9.78 Å². The highest BCUT2D eigenvalue weighted by atomic mass is 16.2. The summed E-state index contributed by atoms with van der Waals surface area (Å²) in [5.74, 6) is -0.459. The van der Waals surface area contributed by atoms with Gasteiger partial charge in [0.05, 0.1) is 0 Å². The van der Waals surface area contributed by atoms with E-state index in [1.54, 1.807) is 24.3 Å². The predicted octanol–water partition coefficient (Wildman–Crippen LogP) is 1.24. The SMILES string of the molecule is CC(=O)c1ccc(NC(=O)c2ccc(=O)n(C)n2)cc1. The average Bonchev–Trinajstić information content (AvgIpc) is 2.42. The molecule has 1 N–H and O–H groups in total. The molecule has 6 nitrogen and oxygen atoms in total. The van der Waals surface area contributed by atoms with E-state index in [0.717, 1.165) is 4.68 Å². The molecule has 1 heterocycles. The van der Waals surface area contributed by atoms with Gasteiger partial charge < -0.3 is 5.32 Å². The van der Waals surface area contributed by atoms with Crippen LogP contribution in [0.3, 0.4) is 0 Å². The first-order chi connectivity index (χ1) is 9.47. The molecule has 0 unspecified atom stereocenters. The Balaban J connectivity index is 2.16. The Bertz CT molecular complexity index is 717. The fraction of sp³-hybridized carbons (Fsp3) is 0.143. The number of nitrogens with zero attached hydrogens (tertiary/aromatic N) is 2. The molecule has 0 aliphatic rings. The number of carbonyl (C=O) groups excluding carboxylic acids is 2. The van der Waals surface area contributed by atoms with Crippen LogP contribution < -0.4 is 10.9 Å². The second-order valence-electron chi connectivity index (χ2n) is 4.27. The number of nitrogens with one attached hydrogen (secondary N) is 1. The summed E-state index contributed by atoms with van der Waals surface area (Å²) in [5, 5.41) is 6.50. The van der Waals surface area contributed by atoms with Crippen molar-refractivity contribution in [1.29, 1.82) is 0 Å². The third-order valence-electron chi connectivity index (χ3n) is 2.74. The van der Waals surface area contributed by atoms with Gasteiger partial charge >= 0.3 is 0 Å². The third-order valence-corrected chi connectivity index (χ3v) is 2.74. The minimum absolute atomic E-state index is 0.0393. The van der Waals surface area contributed by atoms with Crippen molar-refractivity contribution >= 4 is 17.4 Å². The van der Waals surface area contributed by atoms with Crippen molar-refractivity contribution in [3.8, 4) is 0 Å². The Morgan fingerprint density at radius 2 is 1.75 bits per heavy atom. The quantitative estimate of drug-likeness (QED) is 0.851. The van der Waals surface area contributed by atoms with Crippen molar-refractivity contribution in [2.45, 2.75) is 6.92 Å². The molecule has 0 saturated carbocycles. The molecule has 0 spiro atoms. The van der Waals surface area contributed by atoms with Gasteiger partial charge in [-0.1, -0.05) is 0 Å². The maximum absolute atomic E-state index is 11.9. The Kier molecular flexibility index (Phi) is 3.74. The summed E-state index contributed by atoms with van der Waals surface area (Å²) in [7, 11) is 1.47. The second kappa shape index (κ2) is 5.48. The zero-order valence-electron chi connectivity index (χ0n) is 11.1. The summed E-state index contributed by atoms with van der Waals surface area (Å²) < 4.78 is 1.09. The standard InChI is InChI=1S/C14H13N3O3/c1-9(18)10-3-5-11(6-4-10)15-14(20)12-7-8-13(19)17(2)16-12/h3-8H,1-2H3,(H,15,20). The largest absolute Gasteiger partial charge is 0.321 e. The number of benzene rings is 1. The number of ketones is 1. The molecule has 0 bridgehead atoms. The van der Waals surface area contributed by atoms with Crippen molar-refractivity contribution in [3.63, 3.8) is 0 Å². The number of hydrogen-bond donors (Lipinski definition) is 1. The van der Waals surface area contributed by atoms with Crippen molar-refractivity contribution in [2.24, 2.45) is 7.05 Å². The highest BCUT2D eigenvalue weighted by Gasteiger charge is 2.09. The van der Waals surface area contributed by atoms with Gasteiger partial charge in [-0.25, -0.2) is 4.68 Å². The summed E-state index contributed by atoms with van der Waals surface area (Å²) >= 11 is 0. The van der Waals surface area contributed by atoms with Crippen LogP contribution in [-0.2, 0) is 7.05 Å². The van der Waals surface area contributed by atoms with Crippen LogP contribution in [-0.4, -0.2) is 21.5 Å². The fourth-order valence-corrected chi connectivity index (χ4v) is 1.61. The predicted molar refractivity (Wildman–Crippen MR) is 73.9 cm³/mol. The van der Waals surface area contributed by atoms with Gasteiger partial charge in [0.2, 0.25) is 0 Å². The van der Waals surface area contributed by atoms with E-state index in [2.05, 4.69) is 10.4 Å². The minimum Gasteiger partial charge on any atom is -0.321 e. The zero-order chi connectivity index (χ0) is 14.7. The normalized spacial score (nSPS) is 10.1. The molecule has 2 aromatic rings. The summed E-state index contributed by atoms with van der Waals surface area (Å²) in [5.41, 5.74) is 0.981. The highest BCUT2D eigenvalue weighted by molar-refractivity contribution is 6.03. The van der Waals surface area contributed by atoms with Gasteiger partial charge in [0.25, 0.3) is 11.5 Å². The van der Waals surface area contributed by atoms with Crippen LogP contribution in [0.15, 0.2) is 41.2 Å². The molecular weight excluding hydrogens is 258 g/mol. The van der Waals surface area contributed by atoms with Gasteiger partial charge in [0.15, 0.2) is 5.78 Å². The molecule has 1 aromatic carbocycles. The van der Waals surface area contributed by atoms with Crippen LogP contribution in [0.2, 0.25) is 0 Å². The molecule has 2 rings (SSSR count). The van der Waals surface area contributed by atoms with Gasteiger partial charge in [-0.3, -0.25) is 14.4 Å². The van der Waals surface area contributed by atoms with E-state index in [1.807, 2.05) is 0 Å². The van der Waals surface area contributed by atoms with Gasteiger partial charge in [-0.15, -0.1) is 0 Å². The second-order valence-corrected chi connectivity index (χ2v) is 4.27. The third kappa shape index (κ3) is 2.97. The maximum atomic E-state index is 11.9. The van der Waals surface area contributed by atoms with Crippen LogP contribution in [0, 0.1) is 0 Å². The number of aryl methyl sites for hydroxylation is 1. The van der Waals surface area contributed by atoms with E-state index in [0.29, 0.717) is 11.3 Å². The Morgan fingerprint density at radius 1 is 1.10 bits per heavy atom. The van der Waals surface area contributed by atoms with Crippen LogP contribution in [0.4, 0.5) is 5.69 Å². The van der Waals surface area contributed by atoms with E-state index in [9.17, 15) is 14.4 Å². The topological polar surface area (TPSA) is 81.1 Å². The summed E-state index contributed by atoms with van der Waals surface area (Å²) in [4.78, 5) is 34.3. The molecule has 1 amide bonds. The summed E-state index contributed by atoms with van der Waals surface area (Å²) in [6.45, 7) is 1.47. The smallest absolute Gasteiger partial charge is 0.276 e. The van der Waals surface area contributed by atoms with E-state index >= 15 is 0 Å². The Labute approximate surface area is 115 Å². The first-order valence-corrected chi connectivity index (χ1v) is 5.94. The summed E-state index contributed by atoms with van der Waals surface area (Å²) in [6.07, 6.45) is 0. The number of amides is 1. The molecule has 6 heteroatoms. The fourth-order valence-electron chi connectivity index (χ4n) is 1.61. The number of Topliss-reactive ketones (excluding diaryl/α,β-unsaturated/α-hetero) is 1. The Morgan fingerprint density at radius 3 is 2.30 bits per heavy atom. The van der Waals surface area contributed by atoms with Gasteiger partial charge in [-0.2, -0.15) is 5.10 Å². The molecule has 102 valence electrons. The molecule has 0 aliphatic heterocycles. The lowest BCUT2D eigenvalue weighted by Crippen LogP contribution is -2.23. The lowest BCUT2D eigenvalue weighted by molar-refractivity contribution is 0.101. The lowest BCUT2D eigenvalue weighted by atomic mass is 10.1. The minimum atomic E-state index is -0.420. The molecule has 0 aliphatic carbocycles. The molecule has 20 heavy (non-hydrogen) atoms. The van der Waals surface area contributed by atoms with Gasteiger partial charge in [-0.05, 0) is 37.3 Å². The molecular formula is C14H13N3O3. The van der Waals surface area contributed by atoms with Gasteiger partial charge in [0.1, 0.15) is 5.69 Å². The molecule has 0 saturated heterocycles. The van der Waals surface area contributed by atoms with Crippen molar-refractivity contribution < 1.29 is 9.59 Å². The summed E-state index contributed by atoms with van der Waals surface area (Å²) in [6, 6.07) is 9.17. The molecule has 0 radical (unpaired) electrons. The molecule has 0 fully saturated rings. The zero-order valence-corrected chi connectivity index (χ0v) is 11.1. The molecule has 0 atom stereocenters. The number of hydrogen-bond acceptors (Lipinski definition) is 4. The van der Waals surface area contributed by atoms with Crippen molar-refractivity contribution in [2.75, 3.05) is 5.32 Å². The van der Waals surface area contributed by atoms with Crippen LogP contribution in [0.25, 0.3) is 0 Å². The number of aromatic nitrogens is 2. The molecule has 1 aromatic heterocycles. The monoisotopic (exact) mass is 271 g/mol. The Hall–Kier alpha value is -2.76.